The number of aromatic amines is 1. The van der Waals surface area contributed by atoms with E-state index in [9.17, 15) is 14.3 Å². The quantitative estimate of drug-likeness (QED) is 0.415. The fraction of sp³-hybridized carbons (Fsp3) is 0.160. The number of H-pyrrole nitrogens is 1. The van der Waals surface area contributed by atoms with Gasteiger partial charge in [-0.05, 0) is 55.0 Å². The number of carbonyl (C=O) groups is 1. The van der Waals surface area contributed by atoms with Crippen LogP contribution in [0.15, 0.2) is 72.9 Å². The van der Waals surface area contributed by atoms with Crippen molar-refractivity contribution < 1.29 is 14.3 Å². The summed E-state index contributed by atoms with van der Waals surface area (Å²) in [6.07, 6.45) is 2.09. The number of aryl methyl sites for hydroxylation is 1. The van der Waals surface area contributed by atoms with Gasteiger partial charge in [-0.2, -0.15) is 5.10 Å². The number of aliphatic hydroxyl groups excluding tert-OH is 1. The van der Waals surface area contributed by atoms with Crippen molar-refractivity contribution in [3.05, 3.63) is 95.6 Å². The Hall–Kier alpha value is -3.84. The van der Waals surface area contributed by atoms with E-state index in [4.69, 9.17) is 0 Å². The van der Waals surface area contributed by atoms with Crippen LogP contribution in [-0.4, -0.2) is 38.8 Å². The number of hydrogen-bond acceptors (Lipinski definition) is 4. The first-order valence-corrected chi connectivity index (χ1v) is 10.3. The maximum absolute atomic E-state index is 13.8. The van der Waals surface area contributed by atoms with E-state index in [-0.39, 0.29) is 18.3 Å². The number of aliphatic hydroxyl groups is 1. The van der Waals surface area contributed by atoms with Crippen molar-refractivity contribution in [2.45, 2.75) is 19.4 Å². The Kier molecular flexibility index (Phi) is 6.37. The summed E-state index contributed by atoms with van der Waals surface area (Å²) in [7, 11) is 0. The molecule has 3 N–H and O–H groups in total. The molecule has 4 aromatic rings. The molecule has 2 heterocycles. The molecule has 4 rings (SSSR count). The average molecular weight is 430 g/mol. The fourth-order valence-corrected chi connectivity index (χ4v) is 3.60. The highest BCUT2D eigenvalue weighted by Crippen LogP contribution is 2.27. The molecule has 2 aromatic carbocycles. The van der Waals surface area contributed by atoms with Crippen LogP contribution in [0.2, 0.25) is 0 Å². The highest BCUT2D eigenvalue weighted by molar-refractivity contribution is 6.00. The van der Waals surface area contributed by atoms with E-state index in [2.05, 4.69) is 20.5 Å². The normalized spacial score (nSPS) is 11.8. The zero-order valence-electron chi connectivity index (χ0n) is 17.5. The van der Waals surface area contributed by atoms with E-state index >= 15 is 0 Å². The predicted octanol–water partition coefficient (Wildman–Crippen LogP) is 3.92. The number of hydrogen-bond donors (Lipinski definition) is 3. The van der Waals surface area contributed by atoms with Crippen LogP contribution in [0, 0.1) is 12.7 Å². The lowest BCUT2D eigenvalue weighted by Gasteiger charge is -2.17. The molecule has 0 aliphatic rings. The Balaban J connectivity index is 1.57. The average Bonchev–Trinajstić information content (AvgIpc) is 3.29. The molecule has 0 fully saturated rings. The Morgan fingerprint density at radius 3 is 2.69 bits per heavy atom. The van der Waals surface area contributed by atoms with Crippen molar-refractivity contribution >= 4 is 5.91 Å². The van der Waals surface area contributed by atoms with Crippen molar-refractivity contribution in [2.24, 2.45) is 0 Å². The predicted molar refractivity (Wildman–Crippen MR) is 120 cm³/mol. The van der Waals surface area contributed by atoms with E-state index in [1.54, 1.807) is 24.4 Å². The molecular formula is C25H23FN4O2. The Morgan fingerprint density at radius 2 is 1.94 bits per heavy atom. The number of amides is 1. The van der Waals surface area contributed by atoms with Gasteiger partial charge in [-0.1, -0.05) is 24.3 Å². The van der Waals surface area contributed by atoms with E-state index in [0.717, 1.165) is 11.3 Å². The van der Waals surface area contributed by atoms with Gasteiger partial charge in [0.2, 0.25) is 0 Å². The van der Waals surface area contributed by atoms with Crippen LogP contribution >= 0.6 is 0 Å². The first-order valence-electron chi connectivity index (χ1n) is 10.3. The molecule has 0 aliphatic carbocycles. The minimum Gasteiger partial charge on any atom is -0.394 e. The zero-order valence-corrected chi connectivity index (χ0v) is 17.5. The van der Waals surface area contributed by atoms with Crippen LogP contribution in [0.1, 0.15) is 21.6 Å². The lowest BCUT2D eigenvalue weighted by atomic mass is 10.0. The molecule has 0 unspecified atom stereocenters. The summed E-state index contributed by atoms with van der Waals surface area (Å²) in [5, 5.41) is 19.9. The minimum absolute atomic E-state index is 0.211. The summed E-state index contributed by atoms with van der Waals surface area (Å²) in [4.78, 5) is 17.3. The zero-order chi connectivity index (χ0) is 22.5. The highest BCUT2D eigenvalue weighted by Gasteiger charge is 2.19. The van der Waals surface area contributed by atoms with Crippen molar-refractivity contribution in [3.63, 3.8) is 0 Å². The Morgan fingerprint density at radius 1 is 1.12 bits per heavy atom. The number of pyridine rings is 1. The SMILES string of the molecule is Cc1cc(F)cc(-c2cc(-c3ccccc3C(=O)N[C@@H](CO)Cc3ccccn3)[nH]n2)c1. The molecule has 162 valence electrons. The molecule has 1 atom stereocenters. The van der Waals surface area contributed by atoms with Gasteiger partial charge in [-0.15, -0.1) is 0 Å². The lowest BCUT2D eigenvalue weighted by Crippen LogP contribution is -2.39. The van der Waals surface area contributed by atoms with Crippen molar-refractivity contribution in [1.29, 1.82) is 0 Å². The first kappa shape index (κ1) is 21.4. The number of aromatic nitrogens is 3. The monoisotopic (exact) mass is 430 g/mol. The third-order valence-electron chi connectivity index (χ3n) is 5.11. The minimum atomic E-state index is -0.474. The van der Waals surface area contributed by atoms with Gasteiger partial charge >= 0.3 is 0 Å². The van der Waals surface area contributed by atoms with E-state index in [0.29, 0.717) is 34.5 Å². The molecule has 0 radical (unpaired) electrons. The largest absolute Gasteiger partial charge is 0.394 e. The Labute approximate surface area is 185 Å². The van der Waals surface area contributed by atoms with Gasteiger partial charge in [-0.25, -0.2) is 4.39 Å². The second-order valence-corrected chi connectivity index (χ2v) is 7.61. The summed E-state index contributed by atoms with van der Waals surface area (Å²) in [6.45, 7) is 1.61. The number of halogens is 1. The maximum atomic E-state index is 13.8. The maximum Gasteiger partial charge on any atom is 0.252 e. The molecule has 6 nitrogen and oxygen atoms in total. The molecule has 0 spiro atoms. The van der Waals surface area contributed by atoms with Crippen LogP contribution in [0.4, 0.5) is 4.39 Å². The van der Waals surface area contributed by atoms with Crippen LogP contribution in [0.3, 0.4) is 0 Å². The van der Waals surface area contributed by atoms with Gasteiger partial charge in [0.1, 0.15) is 5.82 Å². The van der Waals surface area contributed by atoms with E-state index in [1.807, 2.05) is 43.3 Å². The third-order valence-corrected chi connectivity index (χ3v) is 5.11. The summed E-state index contributed by atoms with van der Waals surface area (Å²) >= 11 is 0. The third kappa shape index (κ3) is 4.90. The summed E-state index contributed by atoms with van der Waals surface area (Å²) < 4.78 is 13.8. The standard InChI is InChI=1S/C25H23FN4O2/c1-16-10-17(12-18(26)11-16)23-14-24(30-29-23)21-7-2-3-8-22(21)25(32)28-20(15-31)13-19-6-4-5-9-27-19/h2-12,14,20,31H,13,15H2,1H3,(H,28,32)(H,29,30)/t20-/m1/s1. The first-order chi connectivity index (χ1) is 15.5. The van der Waals surface area contributed by atoms with Crippen LogP contribution < -0.4 is 5.32 Å². The fourth-order valence-electron chi connectivity index (χ4n) is 3.60. The molecule has 1 amide bonds. The number of nitrogens with zero attached hydrogens (tertiary/aromatic N) is 2. The molecule has 0 saturated carbocycles. The van der Waals surface area contributed by atoms with Crippen molar-refractivity contribution in [3.8, 4) is 22.5 Å². The van der Waals surface area contributed by atoms with E-state index in [1.165, 1.54) is 12.1 Å². The van der Waals surface area contributed by atoms with Gasteiger partial charge in [0.05, 0.1) is 24.0 Å². The number of carbonyl (C=O) groups excluding carboxylic acids is 1. The van der Waals surface area contributed by atoms with Crippen LogP contribution in [-0.2, 0) is 6.42 Å². The molecule has 2 aromatic heterocycles. The Bertz CT molecular complexity index is 1200. The second-order valence-electron chi connectivity index (χ2n) is 7.61. The molecule has 0 saturated heterocycles. The van der Waals surface area contributed by atoms with Crippen LogP contribution in [0.25, 0.3) is 22.5 Å². The van der Waals surface area contributed by atoms with Gasteiger partial charge in [-0.3, -0.25) is 14.9 Å². The molecule has 0 bridgehead atoms. The smallest absolute Gasteiger partial charge is 0.252 e. The second kappa shape index (κ2) is 9.53. The lowest BCUT2D eigenvalue weighted by molar-refractivity contribution is 0.0917. The van der Waals surface area contributed by atoms with E-state index < -0.39 is 6.04 Å². The highest BCUT2D eigenvalue weighted by atomic mass is 19.1. The van der Waals surface area contributed by atoms with Gasteiger partial charge in [0.25, 0.3) is 5.91 Å². The number of rotatable bonds is 7. The molecule has 7 heteroatoms. The molecule has 0 aliphatic heterocycles. The van der Waals surface area contributed by atoms with Crippen molar-refractivity contribution in [2.75, 3.05) is 6.61 Å². The number of benzene rings is 2. The van der Waals surface area contributed by atoms with Gasteiger partial charge < -0.3 is 10.4 Å². The summed E-state index contributed by atoms with van der Waals surface area (Å²) in [6, 6.07) is 18.7. The summed E-state index contributed by atoms with van der Waals surface area (Å²) in [5.41, 5.74) is 4.56. The summed E-state index contributed by atoms with van der Waals surface area (Å²) in [5.74, 6) is -0.638. The van der Waals surface area contributed by atoms with Gasteiger partial charge in [0.15, 0.2) is 0 Å². The number of nitrogens with one attached hydrogen (secondary N) is 2. The molecule has 32 heavy (non-hydrogen) atoms. The van der Waals surface area contributed by atoms with Crippen molar-refractivity contribution in [1.82, 2.24) is 20.5 Å². The van der Waals surface area contributed by atoms with Gasteiger partial charge in [0, 0.05) is 35.0 Å². The topological polar surface area (TPSA) is 90.9 Å². The van der Waals surface area contributed by atoms with Crippen LogP contribution in [0.5, 0.6) is 0 Å². The molecular weight excluding hydrogens is 407 g/mol.